The van der Waals surface area contributed by atoms with Gasteiger partial charge in [0.2, 0.25) is 0 Å². The molecule has 1 aliphatic rings. The highest BCUT2D eigenvalue weighted by atomic mass is 16.5. The van der Waals surface area contributed by atoms with Gasteiger partial charge < -0.3 is 15.4 Å². The highest BCUT2D eigenvalue weighted by molar-refractivity contribution is 6.01. The first kappa shape index (κ1) is 10.8. The Labute approximate surface area is 95.0 Å². The van der Waals surface area contributed by atoms with Crippen LogP contribution in [0, 0.1) is 0 Å². The number of benzene rings is 1. The van der Waals surface area contributed by atoms with Crippen LogP contribution in [0.5, 0.6) is 5.75 Å². The molecule has 16 heavy (non-hydrogen) atoms. The van der Waals surface area contributed by atoms with Crippen molar-refractivity contribution >= 4 is 17.3 Å². The largest absolute Gasteiger partial charge is 0.481 e. The minimum Gasteiger partial charge on any atom is -0.481 e. The molecule has 1 aromatic carbocycles. The van der Waals surface area contributed by atoms with Gasteiger partial charge in [-0.05, 0) is 18.6 Å². The van der Waals surface area contributed by atoms with Crippen molar-refractivity contribution < 1.29 is 9.53 Å². The molecule has 0 aliphatic carbocycles. The molecule has 0 radical (unpaired) electrons. The number of nitrogens with zero attached hydrogens (tertiary/aromatic N) is 1. The van der Waals surface area contributed by atoms with Crippen molar-refractivity contribution in [1.82, 2.24) is 0 Å². The van der Waals surface area contributed by atoms with E-state index in [1.807, 2.05) is 12.1 Å². The van der Waals surface area contributed by atoms with Crippen molar-refractivity contribution in [1.29, 1.82) is 0 Å². The summed E-state index contributed by atoms with van der Waals surface area (Å²) in [6, 6.07) is 5.47. The number of rotatable bonds is 3. The van der Waals surface area contributed by atoms with Gasteiger partial charge in [0.15, 0.2) is 6.61 Å². The maximum absolute atomic E-state index is 11.8. The zero-order valence-corrected chi connectivity index (χ0v) is 9.40. The third-order valence-corrected chi connectivity index (χ3v) is 2.69. The number of hydrogen-bond acceptors (Lipinski definition) is 3. The van der Waals surface area contributed by atoms with Crippen LogP contribution < -0.4 is 15.4 Å². The number of ether oxygens (including phenoxy) is 1. The molecule has 1 heterocycles. The monoisotopic (exact) mass is 220 g/mol. The molecule has 0 unspecified atom stereocenters. The van der Waals surface area contributed by atoms with Gasteiger partial charge in [0.1, 0.15) is 11.4 Å². The Morgan fingerprint density at radius 2 is 2.31 bits per heavy atom. The van der Waals surface area contributed by atoms with E-state index in [0.717, 1.165) is 18.5 Å². The van der Waals surface area contributed by atoms with E-state index < -0.39 is 0 Å². The Morgan fingerprint density at radius 3 is 3.06 bits per heavy atom. The first-order valence-corrected chi connectivity index (χ1v) is 5.55. The average molecular weight is 220 g/mol. The Morgan fingerprint density at radius 1 is 1.50 bits per heavy atom. The van der Waals surface area contributed by atoms with Gasteiger partial charge in [-0.3, -0.25) is 4.79 Å². The predicted octanol–water partition coefficient (Wildman–Crippen LogP) is 1.79. The molecule has 0 saturated heterocycles. The molecule has 4 nitrogen and oxygen atoms in total. The third kappa shape index (κ3) is 1.83. The number of amides is 1. The lowest BCUT2D eigenvalue weighted by Crippen LogP contribution is -2.39. The zero-order chi connectivity index (χ0) is 11.5. The summed E-state index contributed by atoms with van der Waals surface area (Å²) in [6.45, 7) is 2.92. The number of fused-ring (bicyclic) bond motifs is 1. The Hall–Kier alpha value is -1.71. The summed E-state index contributed by atoms with van der Waals surface area (Å²) in [5.74, 6) is 0.689. The molecular formula is C12H16N2O2. The fourth-order valence-electron chi connectivity index (χ4n) is 1.84. The lowest BCUT2D eigenvalue weighted by Gasteiger charge is -2.30. The number of carbonyl (C=O) groups is 1. The second-order valence-electron chi connectivity index (χ2n) is 3.88. The van der Waals surface area contributed by atoms with Crippen molar-refractivity contribution in [3.63, 3.8) is 0 Å². The van der Waals surface area contributed by atoms with Crippen LogP contribution >= 0.6 is 0 Å². The van der Waals surface area contributed by atoms with Gasteiger partial charge in [-0.2, -0.15) is 0 Å². The maximum Gasteiger partial charge on any atom is 0.265 e. The van der Waals surface area contributed by atoms with Gasteiger partial charge in [0.25, 0.3) is 5.91 Å². The minimum absolute atomic E-state index is 0.0150. The molecule has 1 aromatic rings. The lowest BCUT2D eigenvalue weighted by molar-refractivity contribution is -0.121. The molecule has 1 amide bonds. The number of hydrogen-bond donors (Lipinski definition) is 1. The summed E-state index contributed by atoms with van der Waals surface area (Å²) < 4.78 is 5.36. The van der Waals surface area contributed by atoms with Gasteiger partial charge in [0.05, 0.1) is 5.69 Å². The number of anilines is 2. The predicted molar refractivity (Wildman–Crippen MR) is 63.6 cm³/mol. The summed E-state index contributed by atoms with van der Waals surface area (Å²) in [4.78, 5) is 13.5. The molecule has 0 spiro atoms. The average Bonchev–Trinajstić information content (AvgIpc) is 2.28. The highest BCUT2D eigenvalue weighted by Gasteiger charge is 2.26. The van der Waals surface area contributed by atoms with Gasteiger partial charge in [0, 0.05) is 6.54 Å². The van der Waals surface area contributed by atoms with Crippen LogP contribution in [-0.2, 0) is 4.79 Å². The third-order valence-electron chi connectivity index (χ3n) is 2.69. The molecule has 2 N–H and O–H groups in total. The summed E-state index contributed by atoms with van der Waals surface area (Å²) in [7, 11) is 0. The summed E-state index contributed by atoms with van der Waals surface area (Å²) in [6.07, 6.45) is 2.02. The molecule has 0 atom stereocenters. The van der Waals surface area contributed by atoms with Crippen molar-refractivity contribution in [2.75, 3.05) is 23.8 Å². The summed E-state index contributed by atoms with van der Waals surface area (Å²) >= 11 is 0. The normalized spacial score (nSPS) is 14.6. The molecule has 2 rings (SSSR count). The van der Waals surface area contributed by atoms with Crippen LogP contribution in [0.15, 0.2) is 18.2 Å². The van der Waals surface area contributed by atoms with E-state index in [2.05, 4.69) is 6.92 Å². The molecule has 86 valence electrons. The SMILES string of the molecule is CCCCN1C(=O)COc2cccc(N)c21. The molecular weight excluding hydrogens is 204 g/mol. The fraction of sp³-hybridized carbons (Fsp3) is 0.417. The van der Waals surface area contributed by atoms with E-state index in [9.17, 15) is 4.79 Å². The Bertz CT molecular complexity index is 404. The number of nitrogen functional groups attached to an aromatic ring is 1. The smallest absolute Gasteiger partial charge is 0.265 e. The van der Waals surface area contributed by atoms with Crippen molar-refractivity contribution in [3.05, 3.63) is 18.2 Å². The number of para-hydroxylation sites is 1. The van der Waals surface area contributed by atoms with E-state index in [4.69, 9.17) is 10.5 Å². The van der Waals surface area contributed by atoms with E-state index in [1.165, 1.54) is 0 Å². The quantitative estimate of drug-likeness (QED) is 0.790. The van der Waals surface area contributed by atoms with Gasteiger partial charge in [-0.15, -0.1) is 0 Å². The van der Waals surface area contributed by atoms with Crippen molar-refractivity contribution in [3.8, 4) is 5.75 Å². The number of carbonyl (C=O) groups excluding carboxylic acids is 1. The molecule has 0 fully saturated rings. The summed E-state index contributed by atoms with van der Waals surface area (Å²) in [5, 5.41) is 0. The first-order valence-electron chi connectivity index (χ1n) is 5.55. The maximum atomic E-state index is 11.8. The number of nitrogens with two attached hydrogens (primary N) is 1. The summed E-state index contributed by atoms with van der Waals surface area (Å²) in [5.41, 5.74) is 7.22. The van der Waals surface area contributed by atoms with Crippen LogP contribution in [0.25, 0.3) is 0 Å². The second kappa shape index (κ2) is 4.43. The number of unbranched alkanes of at least 4 members (excludes halogenated alkanes) is 1. The minimum atomic E-state index is -0.0150. The van der Waals surface area contributed by atoms with Crippen molar-refractivity contribution in [2.24, 2.45) is 0 Å². The first-order chi connectivity index (χ1) is 7.74. The molecule has 0 bridgehead atoms. The molecule has 4 heteroatoms. The van der Waals surface area contributed by atoms with E-state index >= 15 is 0 Å². The van der Waals surface area contributed by atoms with Crippen molar-refractivity contribution in [2.45, 2.75) is 19.8 Å². The standard InChI is InChI=1S/C12H16N2O2/c1-2-3-7-14-11(15)8-16-10-6-4-5-9(13)12(10)14/h4-6H,2-3,7-8,13H2,1H3. The van der Waals surface area contributed by atoms with Gasteiger partial charge in [-0.25, -0.2) is 0 Å². The zero-order valence-electron chi connectivity index (χ0n) is 9.40. The van der Waals surface area contributed by atoms with Crippen LogP contribution in [0.3, 0.4) is 0 Å². The van der Waals surface area contributed by atoms with E-state index in [-0.39, 0.29) is 12.5 Å². The Kier molecular flexibility index (Phi) is 2.99. The van der Waals surface area contributed by atoms with Crippen LogP contribution in [0.2, 0.25) is 0 Å². The second-order valence-corrected chi connectivity index (χ2v) is 3.88. The van der Waals surface area contributed by atoms with Crippen LogP contribution in [-0.4, -0.2) is 19.1 Å². The van der Waals surface area contributed by atoms with Gasteiger partial charge >= 0.3 is 0 Å². The highest BCUT2D eigenvalue weighted by Crippen LogP contribution is 2.37. The van der Waals surface area contributed by atoms with E-state index in [0.29, 0.717) is 18.0 Å². The lowest BCUT2D eigenvalue weighted by atomic mass is 10.2. The van der Waals surface area contributed by atoms with Gasteiger partial charge in [-0.1, -0.05) is 19.4 Å². The topological polar surface area (TPSA) is 55.6 Å². The molecule has 0 saturated carbocycles. The van der Waals surface area contributed by atoms with E-state index in [1.54, 1.807) is 11.0 Å². The molecule has 0 aromatic heterocycles. The van der Waals surface area contributed by atoms with Crippen LogP contribution in [0.4, 0.5) is 11.4 Å². The fourth-order valence-corrected chi connectivity index (χ4v) is 1.84. The Balaban J connectivity index is 2.35. The van der Waals surface area contributed by atoms with Crippen LogP contribution in [0.1, 0.15) is 19.8 Å². The molecule has 1 aliphatic heterocycles.